The van der Waals surface area contributed by atoms with Crippen LogP contribution in [0.15, 0.2) is 30.6 Å². The highest BCUT2D eigenvalue weighted by molar-refractivity contribution is 6.04. The maximum atomic E-state index is 14.6. The van der Waals surface area contributed by atoms with Crippen LogP contribution in [0.2, 0.25) is 0 Å². The van der Waals surface area contributed by atoms with Crippen molar-refractivity contribution in [3.63, 3.8) is 0 Å². The summed E-state index contributed by atoms with van der Waals surface area (Å²) in [6.45, 7) is 4.92. The Kier molecular flexibility index (Phi) is 6.29. The number of benzene rings is 1. The minimum Gasteiger partial charge on any atom is -0.366 e. The van der Waals surface area contributed by atoms with Crippen molar-refractivity contribution in [3.05, 3.63) is 47.7 Å². The second kappa shape index (κ2) is 9.29. The van der Waals surface area contributed by atoms with E-state index >= 15 is 0 Å². The van der Waals surface area contributed by atoms with Crippen LogP contribution in [0.1, 0.15) is 35.2 Å². The first-order valence-electron chi connectivity index (χ1n) is 10.7. The topological polar surface area (TPSA) is 110 Å². The third-order valence-corrected chi connectivity index (χ3v) is 5.66. The van der Waals surface area contributed by atoms with Gasteiger partial charge in [-0.3, -0.25) is 9.59 Å². The lowest BCUT2D eigenvalue weighted by Crippen LogP contribution is -2.49. The molecule has 1 fully saturated rings. The summed E-state index contributed by atoms with van der Waals surface area (Å²) in [6, 6.07) is 4.69. The number of nitrogens with two attached hydrogens (primary N) is 1. The molecule has 0 spiro atoms. The second-order valence-electron chi connectivity index (χ2n) is 7.97. The molecule has 10 heteroatoms. The molecule has 1 aromatic carbocycles. The highest BCUT2D eigenvalue weighted by atomic mass is 19.1. The van der Waals surface area contributed by atoms with E-state index in [9.17, 15) is 14.0 Å². The van der Waals surface area contributed by atoms with Crippen molar-refractivity contribution >= 4 is 28.7 Å². The Morgan fingerprint density at radius 1 is 1.09 bits per heavy atom. The van der Waals surface area contributed by atoms with Gasteiger partial charge in [0.1, 0.15) is 5.52 Å². The molecule has 1 saturated heterocycles. The van der Waals surface area contributed by atoms with Gasteiger partial charge in [0.2, 0.25) is 17.8 Å². The highest BCUT2D eigenvalue weighted by Crippen LogP contribution is 2.21. The van der Waals surface area contributed by atoms with Gasteiger partial charge < -0.3 is 15.5 Å². The number of aryl methyl sites for hydroxylation is 2. The summed E-state index contributed by atoms with van der Waals surface area (Å²) in [5.74, 6) is -0.351. The van der Waals surface area contributed by atoms with Crippen molar-refractivity contribution in [1.82, 2.24) is 24.6 Å². The zero-order valence-electron chi connectivity index (χ0n) is 18.0. The fourth-order valence-corrected chi connectivity index (χ4v) is 3.87. The Labute approximate surface area is 185 Å². The monoisotopic (exact) mass is 439 g/mol. The van der Waals surface area contributed by atoms with Crippen molar-refractivity contribution in [3.8, 4) is 0 Å². The van der Waals surface area contributed by atoms with E-state index in [1.807, 2.05) is 11.8 Å². The number of halogens is 1. The fourth-order valence-electron chi connectivity index (χ4n) is 3.87. The van der Waals surface area contributed by atoms with E-state index in [1.165, 1.54) is 10.7 Å². The minimum absolute atomic E-state index is 0.0941. The average Bonchev–Trinajstić information content (AvgIpc) is 3.12. The first kappa shape index (κ1) is 21.7. The molecule has 1 aliphatic heterocycles. The number of unbranched alkanes of at least 4 members (excludes halogenated alkanes) is 1. The molecule has 0 aliphatic carbocycles. The normalized spacial score (nSPS) is 14.2. The second-order valence-corrected chi connectivity index (χ2v) is 7.97. The largest absolute Gasteiger partial charge is 0.366 e. The number of anilines is 1. The molecule has 0 atom stereocenters. The SMILES string of the molecule is Cc1cnc(N2CCN(C(=O)CCCCn3nc4c(C(N)=O)cccc4c3F)CC2)nc1. The standard InChI is InChI=1S/C22H26FN7O2/c1-15-13-25-22(26-14-15)29-11-9-28(10-12-29)18(31)7-2-3-8-30-20(23)16-5-4-6-17(21(24)32)19(16)27-30/h4-6,13-14H,2-3,7-12H2,1H3,(H2,24,32). The van der Waals surface area contributed by atoms with Gasteiger partial charge in [0.05, 0.1) is 10.9 Å². The molecule has 3 heterocycles. The number of piperazine rings is 1. The molecule has 3 aromatic rings. The zero-order valence-corrected chi connectivity index (χ0v) is 18.0. The highest BCUT2D eigenvalue weighted by Gasteiger charge is 2.22. The van der Waals surface area contributed by atoms with Gasteiger partial charge in [-0.25, -0.2) is 14.6 Å². The van der Waals surface area contributed by atoms with E-state index in [-0.39, 0.29) is 22.4 Å². The summed E-state index contributed by atoms with van der Waals surface area (Å²) >= 11 is 0. The molecule has 2 N–H and O–H groups in total. The molecular formula is C22H26FN7O2. The summed E-state index contributed by atoms with van der Waals surface area (Å²) in [4.78, 5) is 36.7. The minimum atomic E-state index is -0.639. The Bertz CT molecular complexity index is 1120. The van der Waals surface area contributed by atoms with Gasteiger partial charge in [-0.1, -0.05) is 6.07 Å². The lowest BCUT2D eigenvalue weighted by Gasteiger charge is -2.34. The molecule has 0 unspecified atom stereocenters. The summed E-state index contributed by atoms with van der Waals surface area (Å²) in [6.07, 6.45) is 5.20. The summed E-state index contributed by atoms with van der Waals surface area (Å²) < 4.78 is 15.8. The number of amides is 2. The molecule has 0 saturated carbocycles. The number of carbonyl (C=O) groups excluding carboxylic acids is 2. The van der Waals surface area contributed by atoms with Crippen LogP contribution >= 0.6 is 0 Å². The van der Waals surface area contributed by atoms with Crippen molar-refractivity contribution < 1.29 is 14.0 Å². The average molecular weight is 439 g/mol. The van der Waals surface area contributed by atoms with Crippen molar-refractivity contribution in [2.45, 2.75) is 32.7 Å². The van der Waals surface area contributed by atoms with Crippen LogP contribution < -0.4 is 10.6 Å². The van der Waals surface area contributed by atoms with Crippen LogP contribution in [0, 0.1) is 12.9 Å². The maximum absolute atomic E-state index is 14.6. The van der Waals surface area contributed by atoms with E-state index < -0.39 is 11.9 Å². The molecule has 168 valence electrons. The van der Waals surface area contributed by atoms with Crippen molar-refractivity contribution in [1.29, 1.82) is 0 Å². The lowest BCUT2D eigenvalue weighted by molar-refractivity contribution is -0.131. The van der Waals surface area contributed by atoms with Crippen LogP contribution in [-0.4, -0.2) is 62.6 Å². The molecule has 2 aromatic heterocycles. The van der Waals surface area contributed by atoms with Crippen molar-refractivity contribution in [2.24, 2.45) is 5.73 Å². The Morgan fingerprint density at radius 2 is 1.81 bits per heavy atom. The first-order valence-corrected chi connectivity index (χ1v) is 10.7. The van der Waals surface area contributed by atoms with E-state index in [1.54, 1.807) is 24.5 Å². The summed E-state index contributed by atoms with van der Waals surface area (Å²) in [5, 5.41) is 4.48. The first-order chi connectivity index (χ1) is 15.4. The molecule has 2 amide bonds. The molecular weight excluding hydrogens is 413 g/mol. The van der Waals surface area contributed by atoms with Crippen molar-refractivity contribution in [2.75, 3.05) is 31.1 Å². The van der Waals surface area contributed by atoms with Gasteiger partial charge in [-0.15, -0.1) is 0 Å². The number of hydrogen-bond donors (Lipinski definition) is 1. The number of hydrogen-bond acceptors (Lipinski definition) is 6. The third kappa shape index (κ3) is 4.53. The molecule has 0 radical (unpaired) electrons. The van der Waals surface area contributed by atoms with E-state index in [0.717, 1.165) is 5.56 Å². The van der Waals surface area contributed by atoms with E-state index in [2.05, 4.69) is 20.0 Å². The van der Waals surface area contributed by atoms with Gasteiger partial charge >= 0.3 is 0 Å². The van der Waals surface area contributed by atoms with Crippen LogP contribution in [0.25, 0.3) is 10.9 Å². The molecule has 1 aliphatic rings. The van der Waals surface area contributed by atoms with Gasteiger partial charge in [0.25, 0.3) is 5.91 Å². The van der Waals surface area contributed by atoms with Crippen LogP contribution in [0.3, 0.4) is 0 Å². The number of fused-ring (bicyclic) bond motifs is 1. The molecule has 9 nitrogen and oxygen atoms in total. The van der Waals surface area contributed by atoms with E-state index in [4.69, 9.17) is 5.73 Å². The third-order valence-electron chi connectivity index (χ3n) is 5.66. The zero-order chi connectivity index (χ0) is 22.7. The van der Waals surface area contributed by atoms with Gasteiger partial charge in [-0.2, -0.15) is 9.49 Å². The number of primary amides is 1. The Balaban J connectivity index is 1.25. The predicted octanol–water partition coefficient (Wildman–Crippen LogP) is 1.89. The van der Waals surface area contributed by atoms with Crippen LogP contribution in [0.5, 0.6) is 0 Å². The predicted molar refractivity (Wildman–Crippen MR) is 118 cm³/mol. The number of aromatic nitrogens is 4. The molecule has 32 heavy (non-hydrogen) atoms. The summed E-state index contributed by atoms with van der Waals surface area (Å²) in [5.41, 5.74) is 6.83. The number of rotatable bonds is 7. The Hall–Kier alpha value is -3.56. The van der Waals surface area contributed by atoms with Crippen LogP contribution in [0.4, 0.5) is 10.3 Å². The fraction of sp³-hybridized carbons (Fsp3) is 0.409. The maximum Gasteiger partial charge on any atom is 0.250 e. The van der Waals surface area contributed by atoms with Gasteiger partial charge in [0.15, 0.2) is 0 Å². The van der Waals surface area contributed by atoms with E-state index in [0.29, 0.717) is 57.9 Å². The van der Waals surface area contributed by atoms with Crippen LogP contribution in [-0.2, 0) is 11.3 Å². The summed E-state index contributed by atoms with van der Waals surface area (Å²) in [7, 11) is 0. The molecule has 4 rings (SSSR count). The smallest absolute Gasteiger partial charge is 0.250 e. The van der Waals surface area contributed by atoms with Gasteiger partial charge in [0, 0.05) is 51.5 Å². The molecule has 0 bridgehead atoms. The number of nitrogens with zero attached hydrogens (tertiary/aromatic N) is 6. The lowest BCUT2D eigenvalue weighted by atomic mass is 10.1. The number of carbonyl (C=O) groups is 2. The van der Waals surface area contributed by atoms with Gasteiger partial charge in [-0.05, 0) is 37.5 Å². The quantitative estimate of drug-likeness (QED) is 0.563. The Morgan fingerprint density at radius 3 is 2.50 bits per heavy atom.